The van der Waals surface area contributed by atoms with Crippen molar-refractivity contribution in [2.24, 2.45) is 0 Å². The Labute approximate surface area is 131 Å². The molecule has 1 fully saturated rings. The predicted molar refractivity (Wildman–Crippen MR) is 85.8 cm³/mol. The first-order valence-electron chi connectivity index (χ1n) is 7.62. The number of nitrogens with zero attached hydrogens (tertiary/aromatic N) is 3. The summed E-state index contributed by atoms with van der Waals surface area (Å²) in [6.07, 6.45) is 3.71. The summed E-state index contributed by atoms with van der Waals surface area (Å²) in [6.45, 7) is 5.79. The van der Waals surface area contributed by atoms with Crippen LogP contribution in [0.4, 0.5) is 0 Å². The maximum Gasteiger partial charge on any atom is 0.122 e. The van der Waals surface area contributed by atoms with E-state index in [1.807, 2.05) is 31.5 Å². The molecule has 1 N–H and O–H groups in total. The van der Waals surface area contributed by atoms with Crippen LogP contribution in [0.1, 0.15) is 23.0 Å². The van der Waals surface area contributed by atoms with E-state index in [0.717, 1.165) is 43.3 Å². The Morgan fingerprint density at radius 2 is 2.14 bits per heavy atom. The van der Waals surface area contributed by atoms with Crippen molar-refractivity contribution in [1.82, 2.24) is 20.2 Å². The van der Waals surface area contributed by atoms with E-state index in [2.05, 4.69) is 32.3 Å². The first-order valence-corrected chi connectivity index (χ1v) is 7.62. The number of rotatable bonds is 4. The number of hydrogen-bond acceptors (Lipinski definition) is 5. The van der Waals surface area contributed by atoms with Gasteiger partial charge in [0, 0.05) is 62.4 Å². The van der Waals surface area contributed by atoms with Crippen LogP contribution in [0.15, 0.2) is 36.7 Å². The molecule has 22 heavy (non-hydrogen) atoms. The van der Waals surface area contributed by atoms with Crippen molar-refractivity contribution in [2.75, 3.05) is 26.7 Å². The molecule has 0 spiro atoms. The fourth-order valence-corrected chi connectivity index (χ4v) is 2.96. The molecule has 1 saturated heterocycles. The number of methoxy groups -OCH3 is 1. The SMILES string of the molecule is COc1cc(C)nc(CN2CCNCC2c2ccncc2)c1. The van der Waals surface area contributed by atoms with Gasteiger partial charge in [-0.05, 0) is 24.6 Å². The van der Waals surface area contributed by atoms with E-state index in [4.69, 9.17) is 4.74 Å². The molecule has 0 saturated carbocycles. The molecule has 3 rings (SSSR count). The summed E-state index contributed by atoms with van der Waals surface area (Å²) in [5.74, 6) is 0.873. The summed E-state index contributed by atoms with van der Waals surface area (Å²) in [4.78, 5) is 11.2. The topological polar surface area (TPSA) is 50.3 Å². The molecule has 1 unspecified atom stereocenters. The maximum atomic E-state index is 5.36. The fourth-order valence-electron chi connectivity index (χ4n) is 2.96. The minimum Gasteiger partial charge on any atom is -0.497 e. The molecule has 0 bridgehead atoms. The van der Waals surface area contributed by atoms with E-state index in [9.17, 15) is 0 Å². The highest BCUT2D eigenvalue weighted by molar-refractivity contribution is 5.27. The molecule has 1 atom stereocenters. The van der Waals surface area contributed by atoms with Crippen LogP contribution in [0.3, 0.4) is 0 Å². The average molecular weight is 298 g/mol. The molecule has 1 aliphatic heterocycles. The minimum absolute atomic E-state index is 0.352. The Kier molecular flexibility index (Phi) is 4.65. The molecule has 2 aromatic rings. The summed E-state index contributed by atoms with van der Waals surface area (Å²) in [7, 11) is 1.70. The minimum atomic E-state index is 0.352. The second kappa shape index (κ2) is 6.85. The van der Waals surface area contributed by atoms with Crippen molar-refractivity contribution in [3.63, 3.8) is 0 Å². The standard InChI is InChI=1S/C17H22N4O/c1-13-9-16(22-2)10-15(20-13)12-21-8-7-19-11-17(21)14-3-5-18-6-4-14/h3-6,9-10,17,19H,7-8,11-12H2,1-2H3. The van der Waals surface area contributed by atoms with Gasteiger partial charge in [-0.1, -0.05) is 0 Å². The Morgan fingerprint density at radius 1 is 1.32 bits per heavy atom. The molecule has 2 aromatic heterocycles. The molecule has 0 aliphatic carbocycles. The van der Waals surface area contributed by atoms with E-state index in [1.165, 1.54) is 5.56 Å². The van der Waals surface area contributed by atoms with Crippen LogP contribution < -0.4 is 10.1 Å². The highest BCUT2D eigenvalue weighted by Gasteiger charge is 2.24. The fraction of sp³-hybridized carbons (Fsp3) is 0.412. The van der Waals surface area contributed by atoms with Crippen LogP contribution in [-0.4, -0.2) is 41.6 Å². The van der Waals surface area contributed by atoms with Crippen molar-refractivity contribution < 1.29 is 4.74 Å². The molecule has 0 aromatic carbocycles. The molecule has 0 amide bonds. The Bertz CT molecular complexity index is 617. The number of pyridine rings is 2. The monoisotopic (exact) mass is 298 g/mol. The van der Waals surface area contributed by atoms with Gasteiger partial charge < -0.3 is 10.1 Å². The zero-order valence-electron chi connectivity index (χ0n) is 13.1. The number of ether oxygens (including phenoxy) is 1. The lowest BCUT2D eigenvalue weighted by atomic mass is 10.0. The van der Waals surface area contributed by atoms with E-state index in [-0.39, 0.29) is 0 Å². The van der Waals surface area contributed by atoms with Crippen LogP contribution in [0, 0.1) is 6.92 Å². The quantitative estimate of drug-likeness (QED) is 0.935. The molecular weight excluding hydrogens is 276 g/mol. The zero-order valence-corrected chi connectivity index (χ0v) is 13.1. The van der Waals surface area contributed by atoms with E-state index in [0.29, 0.717) is 6.04 Å². The van der Waals surface area contributed by atoms with Crippen LogP contribution in [0.2, 0.25) is 0 Å². The summed E-state index contributed by atoms with van der Waals surface area (Å²) >= 11 is 0. The third-order valence-electron chi connectivity index (χ3n) is 4.03. The average Bonchev–Trinajstić information content (AvgIpc) is 2.55. The van der Waals surface area contributed by atoms with Crippen LogP contribution in [0.5, 0.6) is 5.75 Å². The third-order valence-corrected chi connectivity index (χ3v) is 4.03. The number of hydrogen-bond donors (Lipinski definition) is 1. The second-order valence-electron chi connectivity index (χ2n) is 5.61. The van der Waals surface area contributed by atoms with Gasteiger partial charge in [-0.15, -0.1) is 0 Å². The molecule has 5 nitrogen and oxygen atoms in total. The smallest absolute Gasteiger partial charge is 0.122 e. The number of piperazine rings is 1. The number of nitrogens with one attached hydrogen (secondary N) is 1. The highest BCUT2D eigenvalue weighted by atomic mass is 16.5. The van der Waals surface area contributed by atoms with Gasteiger partial charge in [-0.3, -0.25) is 14.9 Å². The normalized spacial score (nSPS) is 19.1. The zero-order chi connectivity index (χ0) is 15.4. The van der Waals surface area contributed by atoms with Crippen LogP contribution in [-0.2, 0) is 6.54 Å². The van der Waals surface area contributed by atoms with Gasteiger partial charge in [0.1, 0.15) is 5.75 Å². The lowest BCUT2D eigenvalue weighted by Crippen LogP contribution is -2.45. The van der Waals surface area contributed by atoms with Crippen molar-refractivity contribution in [2.45, 2.75) is 19.5 Å². The third kappa shape index (κ3) is 3.43. The molecule has 0 radical (unpaired) electrons. The largest absolute Gasteiger partial charge is 0.497 e. The van der Waals surface area contributed by atoms with Gasteiger partial charge in [0.25, 0.3) is 0 Å². The van der Waals surface area contributed by atoms with Gasteiger partial charge in [-0.2, -0.15) is 0 Å². The van der Waals surface area contributed by atoms with E-state index < -0.39 is 0 Å². The van der Waals surface area contributed by atoms with E-state index in [1.54, 1.807) is 7.11 Å². The summed E-state index contributed by atoms with van der Waals surface area (Å²) < 4.78 is 5.36. The predicted octanol–water partition coefficient (Wildman–Crippen LogP) is 1.94. The Hall–Kier alpha value is -1.98. The first-order chi connectivity index (χ1) is 10.8. The maximum absolute atomic E-state index is 5.36. The first kappa shape index (κ1) is 14.9. The summed E-state index contributed by atoms with van der Waals surface area (Å²) in [6, 6.07) is 8.52. The van der Waals surface area contributed by atoms with Gasteiger partial charge in [0.15, 0.2) is 0 Å². The highest BCUT2D eigenvalue weighted by Crippen LogP contribution is 2.24. The van der Waals surface area contributed by atoms with Gasteiger partial charge in [-0.25, -0.2) is 0 Å². The van der Waals surface area contributed by atoms with Crippen LogP contribution >= 0.6 is 0 Å². The van der Waals surface area contributed by atoms with Gasteiger partial charge in [0.2, 0.25) is 0 Å². The summed E-state index contributed by atoms with van der Waals surface area (Å²) in [5, 5.41) is 3.48. The molecule has 5 heteroatoms. The van der Waals surface area contributed by atoms with Crippen molar-refractivity contribution in [3.05, 3.63) is 53.6 Å². The molecule has 3 heterocycles. The number of aryl methyl sites for hydroxylation is 1. The van der Waals surface area contributed by atoms with Gasteiger partial charge >= 0.3 is 0 Å². The van der Waals surface area contributed by atoms with Crippen molar-refractivity contribution >= 4 is 0 Å². The molecule has 116 valence electrons. The Morgan fingerprint density at radius 3 is 2.91 bits per heavy atom. The van der Waals surface area contributed by atoms with Gasteiger partial charge in [0.05, 0.1) is 12.8 Å². The lowest BCUT2D eigenvalue weighted by molar-refractivity contribution is 0.151. The second-order valence-corrected chi connectivity index (χ2v) is 5.61. The summed E-state index contributed by atoms with van der Waals surface area (Å²) in [5.41, 5.74) is 3.34. The van der Waals surface area contributed by atoms with E-state index >= 15 is 0 Å². The lowest BCUT2D eigenvalue weighted by Gasteiger charge is -2.36. The van der Waals surface area contributed by atoms with Crippen molar-refractivity contribution in [3.8, 4) is 5.75 Å². The Balaban J connectivity index is 1.81. The van der Waals surface area contributed by atoms with Crippen molar-refractivity contribution in [1.29, 1.82) is 0 Å². The molecular formula is C17H22N4O. The number of aromatic nitrogens is 2. The van der Waals surface area contributed by atoms with Crippen LogP contribution in [0.25, 0.3) is 0 Å². The molecule has 1 aliphatic rings.